The van der Waals surface area contributed by atoms with Crippen LogP contribution in [0.15, 0.2) is 24.9 Å². The Bertz CT molecular complexity index is 428. The van der Waals surface area contributed by atoms with Crippen LogP contribution in [0.2, 0.25) is 0 Å². The summed E-state index contributed by atoms with van der Waals surface area (Å²) in [6.07, 6.45) is 6.16. The number of hydrogen-bond donors (Lipinski definition) is 1. The van der Waals surface area contributed by atoms with E-state index >= 15 is 0 Å². The molecule has 3 nitrogen and oxygen atoms in total. The fraction of sp³-hybridized carbons (Fsp3) is 0.706. The topological polar surface area (TPSA) is 29.9 Å². The Labute approximate surface area is 124 Å². The quantitative estimate of drug-likeness (QED) is 0.764. The molecule has 20 heavy (non-hydrogen) atoms. The van der Waals surface area contributed by atoms with Crippen LogP contribution in [0.25, 0.3) is 0 Å². The first-order valence-electron chi connectivity index (χ1n) is 7.62. The van der Waals surface area contributed by atoms with E-state index in [1.807, 2.05) is 6.08 Å². The van der Waals surface area contributed by atoms with Gasteiger partial charge in [0.15, 0.2) is 0 Å². The van der Waals surface area contributed by atoms with Gasteiger partial charge in [-0.1, -0.05) is 19.9 Å². The van der Waals surface area contributed by atoms with E-state index < -0.39 is 0 Å². The van der Waals surface area contributed by atoms with Crippen LogP contribution in [0, 0.1) is 5.41 Å². The zero-order valence-corrected chi connectivity index (χ0v) is 14.0. The molecule has 0 bridgehead atoms. The molecule has 1 aromatic rings. The number of nitrogens with one attached hydrogen (secondary N) is 1. The van der Waals surface area contributed by atoms with Gasteiger partial charge in [-0.25, -0.2) is 0 Å². The smallest absolute Gasteiger partial charge is 0.0633 e. The summed E-state index contributed by atoms with van der Waals surface area (Å²) in [5.74, 6) is 0. The van der Waals surface area contributed by atoms with Gasteiger partial charge in [0.2, 0.25) is 0 Å². The molecule has 0 saturated heterocycles. The molecule has 0 amide bonds. The van der Waals surface area contributed by atoms with Crippen molar-refractivity contribution in [3.05, 3.63) is 30.6 Å². The molecular formula is C17H31N3. The van der Waals surface area contributed by atoms with Gasteiger partial charge >= 0.3 is 0 Å². The zero-order valence-electron chi connectivity index (χ0n) is 14.0. The summed E-state index contributed by atoms with van der Waals surface area (Å²) in [4.78, 5) is 0. The van der Waals surface area contributed by atoms with Crippen LogP contribution < -0.4 is 5.32 Å². The molecule has 0 saturated carbocycles. The molecule has 1 N–H and O–H groups in total. The van der Waals surface area contributed by atoms with E-state index in [1.54, 1.807) is 0 Å². The summed E-state index contributed by atoms with van der Waals surface area (Å²) in [6.45, 7) is 18.1. The van der Waals surface area contributed by atoms with Crippen molar-refractivity contribution in [2.75, 3.05) is 6.54 Å². The maximum Gasteiger partial charge on any atom is 0.0633 e. The monoisotopic (exact) mass is 277 g/mol. The SMILES string of the molecule is C=CC(C)(CNC(C)(C)C)Cc1ccn(C(C)CC)n1. The highest BCUT2D eigenvalue weighted by Gasteiger charge is 2.24. The van der Waals surface area contributed by atoms with Crippen LogP contribution in [0.1, 0.15) is 59.7 Å². The van der Waals surface area contributed by atoms with Crippen molar-refractivity contribution in [1.82, 2.24) is 15.1 Å². The van der Waals surface area contributed by atoms with Gasteiger partial charge in [0.05, 0.1) is 5.69 Å². The van der Waals surface area contributed by atoms with Gasteiger partial charge < -0.3 is 5.32 Å². The Kier molecular flexibility index (Phi) is 5.58. The minimum atomic E-state index is 0.0297. The van der Waals surface area contributed by atoms with Crippen LogP contribution in [0.4, 0.5) is 0 Å². The average molecular weight is 277 g/mol. The fourth-order valence-electron chi connectivity index (χ4n) is 1.99. The van der Waals surface area contributed by atoms with Gasteiger partial charge in [0, 0.05) is 36.2 Å². The van der Waals surface area contributed by atoms with Crippen molar-refractivity contribution in [2.45, 2.75) is 66.0 Å². The van der Waals surface area contributed by atoms with Gasteiger partial charge in [0.1, 0.15) is 0 Å². The summed E-state index contributed by atoms with van der Waals surface area (Å²) >= 11 is 0. The van der Waals surface area contributed by atoms with Crippen LogP contribution >= 0.6 is 0 Å². The highest BCUT2D eigenvalue weighted by atomic mass is 15.3. The van der Waals surface area contributed by atoms with Crippen molar-refractivity contribution >= 4 is 0 Å². The lowest BCUT2D eigenvalue weighted by Gasteiger charge is -2.30. The van der Waals surface area contributed by atoms with E-state index in [0.29, 0.717) is 6.04 Å². The second-order valence-electron chi connectivity index (χ2n) is 7.18. The molecule has 0 spiro atoms. The third-order valence-corrected chi connectivity index (χ3v) is 3.81. The number of nitrogens with zero attached hydrogens (tertiary/aromatic N) is 2. The molecule has 3 heteroatoms. The lowest BCUT2D eigenvalue weighted by Crippen LogP contribution is -2.43. The highest BCUT2D eigenvalue weighted by molar-refractivity contribution is 5.08. The average Bonchev–Trinajstić information content (AvgIpc) is 2.83. The van der Waals surface area contributed by atoms with E-state index in [-0.39, 0.29) is 11.0 Å². The Morgan fingerprint density at radius 2 is 2.05 bits per heavy atom. The predicted octanol–water partition coefficient (Wildman–Crippen LogP) is 3.98. The summed E-state index contributed by atoms with van der Waals surface area (Å²) < 4.78 is 2.07. The Balaban J connectivity index is 2.72. The van der Waals surface area contributed by atoms with E-state index in [9.17, 15) is 0 Å². The first-order chi connectivity index (χ1) is 9.19. The first-order valence-corrected chi connectivity index (χ1v) is 7.62. The fourth-order valence-corrected chi connectivity index (χ4v) is 1.99. The molecule has 0 radical (unpaired) electrons. The molecule has 2 atom stereocenters. The third kappa shape index (κ3) is 5.12. The molecule has 2 unspecified atom stereocenters. The van der Waals surface area contributed by atoms with Crippen LogP contribution in [-0.2, 0) is 6.42 Å². The standard InChI is InChI=1S/C17H31N3/c1-8-14(3)20-11-10-15(19-20)12-17(7,9-2)13-18-16(4,5)6/h9-11,14,18H,2,8,12-13H2,1,3-7H3. The lowest BCUT2D eigenvalue weighted by atomic mass is 9.84. The minimum Gasteiger partial charge on any atom is -0.311 e. The van der Waals surface area contributed by atoms with Crippen LogP contribution in [-0.4, -0.2) is 21.9 Å². The molecule has 0 aromatic carbocycles. The Morgan fingerprint density at radius 3 is 2.55 bits per heavy atom. The molecule has 114 valence electrons. The van der Waals surface area contributed by atoms with E-state index in [4.69, 9.17) is 5.10 Å². The lowest BCUT2D eigenvalue weighted by molar-refractivity contribution is 0.319. The second kappa shape index (κ2) is 6.57. The number of hydrogen-bond acceptors (Lipinski definition) is 2. The molecule has 1 aromatic heterocycles. The van der Waals surface area contributed by atoms with Gasteiger partial charge in [-0.3, -0.25) is 4.68 Å². The molecule has 1 rings (SSSR count). The number of rotatable bonds is 7. The first kappa shape index (κ1) is 17.0. The van der Waals surface area contributed by atoms with E-state index in [2.05, 4.69) is 70.4 Å². The normalized spacial score (nSPS) is 16.7. The largest absolute Gasteiger partial charge is 0.311 e. The second-order valence-corrected chi connectivity index (χ2v) is 7.18. The molecule has 0 aliphatic carbocycles. The van der Waals surface area contributed by atoms with Crippen LogP contribution in [0.3, 0.4) is 0 Å². The minimum absolute atomic E-state index is 0.0297. The predicted molar refractivity (Wildman–Crippen MR) is 87.0 cm³/mol. The number of aromatic nitrogens is 2. The molecule has 1 heterocycles. The molecule has 0 aliphatic rings. The Hall–Kier alpha value is -1.09. The van der Waals surface area contributed by atoms with Crippen molar-refractivity contribution < 1.29 is 0 Å². The van der Waals surface area contributed by atoms with Crippen molar-refractivity contribution in [1.29, 1.82) is 0 Å². The summed E-state index contributed by atoms with van der Waals surface area (Å²) in [7, 11) is 0. The third-order valence-electron chi connectivity index (χ3n) is 3.81. The van der Waals surface area contributed by atoms with Gasteiger partial charge in [0.25, 0.3) is 0 Å². The van der Waals surface area contributed by atoms with Crippen molar-refractivity contribution in [2.24, 2.45) is 5.41 Å². The zero-order chi connectivity index (χ0) is 15.4. The van der Waals surface area contributed by atoms with Gasteiger partial charge in [-0.15, -0.1) is 6.58 Å². The van der Waals surface area contributed by atoms with Gasteiger partial charge in [-0.2, -0.15) is 5.10 Å². The van der Waals surface area contributed by atoms with Crippen LogP contribution in [0.5, 0.6) is 0 Å². The molecule has 0 aliphatic heterocycles. The molecular weight excluding hydrogens is 246 g/mol. The maximum absolute atomic E-state index is 4.70. The summed E-state index contributed by atoms with van der Waals surface area (Å²) in [5, 5.41) is 8.27. The summed E-state index contributed by atoms with van der Waals surface area (Å²) in [6, 6.07) is 2.59. The Morgan fingerprint density at radius 1 is 1.40 bits per heavy atom. The van der Waals surface area contributed by atoms with Crippen molar-refractivity contribution in [3.63, 3.8) is 0 Å². The van der Waals surface area contributed by atoms with Crippen molar-refractivity contribution in [3.8, 4) is 0 Å². The maximum atomic E-state index is 4.70. The van der Waals surface area contributed by atoms with E-state index in [1.165, 1.54) is 0 Å². The van der Waals surface area contributed by atoms with Gasteiger partial charge in [-0.05, 0) is 40.2 Å². The summed E-state index contributed by atoms with van der Waals surface area (Å²) in [5.41, 5.74) is 1.30. The highest BCUT2D eigenvalue weighted by Crippen LogP contribution is 2.24. The van der Waals surface area contributed by atoms with E-state index in [0.717, 1.165) is 25.1 Å². The molecule has 0 fully saturated rings.